The molecule has 2 rings (SSSR count). The van der Waals surface area contributed by atoms with E-state index >= 15 is 0 Å². The monoisotopic (exact) mass is 346 g/mol. The summed E-state index contributed by atoms with van der Waals surface area (Å²) in [4.78, 5) is 37.7. The van der Waals surface area contributed by atoms with Crippen molar-refractivity contribution >= 4 is 11.9 Å². The molecule has 0 saturated carbocycles. The number of nitrogens with zero attached hydrogens (tertiary/aromatic N) is 2. The lowest BCUT2D eigenvalue weighted by Crippen LogP contribution is -2.36. The van der Waals surface area contributed by atoms with Crippen LogP contribution in [0.1, 0.15) is 40.1 Å². The molecular weight excluding hydrogens is 327 g/mol. The predicted molar refractivity (Wildman–Crippen MR) is 90.4 cm³/mol. The molecule has 0 spiro atoms. The summed E-state index contributed by atoms with van der Waals surface area (Å²) in [6.45, 7) is 4.58. The van der Waals surface area contributed by atoms with Gasteiger partial charge in [-0.25, -0.2) is 9.18 Å². The average Bonchev–Trinajstić information content (AvgIpc) is 2.59. The Balaban J connectivity index is 2.50. The number of carboxylic acid groups (broad SMARTS) is 1. The number of aromatic carboxylic acids is 1. The summed E-state index contributed by atoms with van der Waals surface area (Å²) >= 11 is 0. The van der Waals surface area contributed by atoms with E-state index in [9.17, 15) is 23.9 Å². The Bertz CT molecular complexity index is 839. The van der Waals surface area contributed by atoms with Gasteiger partial charge in [0.1, 0.15) is 16.9 Å². The van der Waals surface area contributed by atoms with Crippen molar-refractivity contribution in [3.05, 3.63) is 69.4 Å². The lowest BCUT2D eigenvalue weighted by molar-refractivity contribution is 0.0694. The third kappa shape index (κ3) is 4.12. The highest BCUT2D eigenvalue weighted by molar-refractivity contribution is 5.96. The normalized spacial score (nSPS) is 10.5. The molecule has 0 saturated heterocycles. The standard InChI is InChI=1S/C18H19FN2O4/c1-3-21(4-2)17(23)14-10-20(11-15(16(14)22)18(24)25)9-12-5-7-13(19)8-6-12/h5-8,10-11H,3-4,9H2,1-2H3,(H,24,25). The van der Waals surface area contributed by atoms with Crippen LogP contribution in [0, 0.1) is 5.82 Å². The molecule has 1 heterocycles. The fraction of sp³-hybridized carbons (Fsp3) is 0.278. The van der Waals surface area contributed by atoms with Crippen molar-refractivity contribution in [2.24, 2.45) is 0 Å². The van der Waals surface area contributed by atoms with Gasteiger partial charge >= 0.3 is 5.97 Å². The minimum Gasteiger partial charge on any atom is -0.477 e. The predicted octanol–water partition coefficient (Wildman–Crippen LogP) is 2.22. The summed E-state index contributed by atoms with van der Waals surface area (Å²) in [7, 11) is 0. The first kappa shape index (κ1) is 18.4. The van der Waals surface area contributed by atoms with Crippen LogP contribution >= 0.6 is 0 Å². The van der Waals surface area contributed by atoms with Gasteiger partial charge in [-0.3, -0.25) is 9.59 Å². The number of rotatable bonds is 6. The Kier molecular flexibility index (Phi) is 5.69. The number of pyridine rings is 1. The average molecular weight is 346 g/mol. The molecule has 132 valence electrons. The third-order valence-corrected chi connectivity index (χ3v) is 3.87. The van der Waals surface area contributed by atoms with Crippen LogP contribution in [0.2, 0.25) is 0 Å². The Morgan fingerprint density at radius 3 is 2.16 bits per heavy atom. The van der Waals surface area contributed by atoms with Gasteiger partial charge in [-0.1, -0.05) is 12.1 Å². The minimum atomic E-state index is -1.40. The van der Waals surface area contributed by atoms with Crippen LogP contribution in [-0.2, 0) is 6.54 Å². The molecule has 1 amide bonds. The van der Waals surface area contributed by atoms with Crippen molar-refractivity contribution in [2.75, 3.05) is 13.1 Å². The smallest absolute Gasteiger partial charge is 0.341 e. The highest BCUT2D eigenvalue weighted by Gasteiger charge is 2.21. The van der Waals surface area contributed by atoms with Crippen LogP contribution in [0.15, 0.2) is 41.5 Å². The van der Waals surface area contributed by atoms with Gasteiger partial charge < -0.3 is 14.6 Å². The molecule has 1 aromatic heterocycles. The van der Waals surface area contributed by atoms with Crippen molar-refractivity contribution in [1.82, 2.24) is 9.47 Å². The molecule has 0 fully saturated rings. The topological polar surface area (TPSA) is 79.6 Å². The Hall–Kier alpha value is -2.96. The SMILES string of the molecule is CCN(CC)C(=O)c1cn(Cc2ccc(F)cc2)cc(C(=O)O)c1=O. The van der Waals surface area contributed by atoms with Crippen LogP contribution in [0.5, 0.6) is 0 Å². The number of hydrogen-bond donors (Lipinski definition) is 1. The maximum atomic E-state index is 13.0. The Labute approximate surface area is 144 Å². The second-order valence-corrected chi connectivity index (χ2v) is 5.50. The van der Waals surface area contributed by atoms with Crippen LogP contribution in [0.4, 0.5) is 4.39 Å². The largest absolute Gasteiger partial charge is 0.477 e. The van der Waals surface area contributed by atoms with E-state index in [0.717, 1.165) is 0 Å². The zero-order chi connectivity index (χ0) is 18.6. The first-order chi connectivity index (χ1) is 11.9. The summed E-state index contributed by atoms with van der Waals surface area (Å²) in [5.41, 5.74) is -0.756. The first-order valence-corrected chi connectivity index (χ1v) is 7.88. The van der Waals surface area contributed by atoms with Gasteiger partial charge in [-0.2, -0.15) is 0 Å². The van der Waals surface area contributed by atoms with E-state index in [1.807, 2.05) is 0 Å². The highest BCUT2D eigenvalue weighted by atomic mass is 19.1. The van der Waals surface area contributed by atoms with Gasteiger partial charge in [0.05, 0.1) is 0 Å². The van der Waals surface area contributed by atoms with Crippen LogP contribution in [0.3, 0.4) is 0 Å². The lowest BCUT2D eigenvalue weighted by Gasteiger charge is -2.19. The van der Waals surface area contributed by atoms with Crippen molar-refractivity contribution in [3.63, 3.8) is 0 Å². The number of amides is 1. The molecule has 1 aromatic carbocycles. The van der Waals surface area contributed by atoms with Crippen molar-refractivity contribution < 1.29 is 19.1 Å². The van der Waals surface area contributed by atoms with E-state index in [2.05, 4.69) is 0 Å². The molecule has 0 aliphatic heterocycles. The molecule has 0 radical (unpaired) electrons. The number of halogens is 1. The van der Waals surface area contributed by atoms with Gasteiger partial charge in [0, 0.05) is 32.0 Å². The molecule has 0 aliphatic rings. The van der Waals surface area contributed by atoms with Crippen molar-refractivity contribution in [3.8, 4) is 0 Å². The van der Waals surface area contributed by atoms with Crippen LogP contribution < -0.4 is 5.43 Å². The van der Waals surface area contributed by atoms with Crippen molar-refractivity contribution in [1.29, 1.82) is 0 Å². The summed E-state index contributed by atoms with van der Waals surface area (Å²) in [6, 6.07) is 5.69. The van der Waals surface area contributed by atoms with E-state index in [1.54, 1.807) is 26.0 Å². The van der Waals surface area contributed by atoms with Gasteiger partial charge in [-0.05, 0) is 31.5 Å². The lowest BCUT2D eigenvalue weighted by atomic mass is 10.1. The highest BCUT2D eigenvalue weighted by Crippen LogP contribution is 2.08. The molecule has 0 aliphatic carbocycles. The summed E-state index contributed by atoms with van der Waals surface area (Å²) in [5, 5.41) is 9.26. The maximum absolute atomic E-state index is 13.0. The zero-order valence-electron chi connectivity index (χ0n) is 14.0. The second kappa shape index (κ2) is 7.74. The molecule has 7 heteroatoms. The van der Waals surface area contributed by atoms with Crippen LogP contribution in [0.25, 0.3) is 0 Å². The van der Waals surface area contributed by atoms with Gasteiger partial charge in [0.25, 0.3) is 5.91 Å². The van der Waals surface area contributed by atoms with E-state index in [4.69, 9.17) is 0 Å². The molecule has 0 atom stereocenters. The van der Waals surface area contributed by atoms with Gasteiger partial charge in [-0.15, -0.1) is 0 Å². The van der Waals surface area contributed by atoms with Gasteiger partial charge in [0.15, 0.2) is 0 Å². The summed E-state index contributed by atoms with van der Waals surface area (Å²) in [5.74, 6) is -2.29. The third-order valence-electron chi connectivity index (χ3n) is 3.87. The quantitative estimate of drug-likeness (QED) is 0.870. The Morgan fingerprint density at radius 1 is 1.08 bits per heavy atom. The number of hydrogen-bond acceptors (Lipinski definition) is 3. The molecule has 6 nitrogen and oxygen atoms in total. The number of benzene rings is 1. The maximum Gasteiger partial charge on any atom is 0.341 e. The van der Waals surface area contributed by atoms with Crippen LogP contribution in [-0.4, -0.2) is 39.5 Å². The minimum absolute atomic E-state index is 0.189. The molecule has 25 heavy (non-hydrogen) atoms. The van der Waals surface area contributed by atoms with E-state index < -0.39 is 22.9 Å². The number of carbonyl (C=O) groups excluding carboxylic acids is 1. The molecule has 0 unspecified atom stereocenters. The molecule has 1 N–H and O–H groups in total. The zero-order valence-corrected chi connectivity index (χ0v) is 14.0. The van der Waals surface area contributed by atoms with E-state index in [1.165, 1.54) is 34.0 Å². The number of carbonyl (C=O) groups is 2. The first-order valence-electron chi connectivity index (χ1n) is 7.88. The van der Waals surface area contributed by atoms with Gasteiger partial charge in [0.2, 0.25) is 5.43 Å². The number of carboxylic acids is 1. The molecule has 0 bridgehead atoms. The van der Waals surface area contributed by atoms with Crippen molar-refractivity contribution in [2.45, 2.75) is 20.4 Å². The number of aromatic nitrogens is 1. The summed E-state index contributed by atoms with van der Waals surface area (Å²) < 4.78 is 14.5. The molecule has 2 aromatic rings. The van der Waals surface area contributed by atoms with E-state index in [0.29, 0.717) is 18.7 Å². The summed E-state index contributed by atoms with van der Waals surface area (Å²) in [6.07, 6.45) is 2.53. The second-order valence-electron chi connectivity index (χ2n) is 5.50. The molecular formula is C18H19FN2O4. The van der Waals surface area contributed by atoms with E-state index in [-0.39, 0.29) is 17.9 Å². The fourth-order valence-corrected chi connectivity index (χ4v) is 2.51. The Morgan fingerprint density at radius 2 is 1.64 bits per heavy atom. The fourth-order valence-electron chi connectivity index (χ4n) is 2.51.